The molecule has 0 unspecified atom stereocenters. The molecule has 2 aromatic heterocycles. The Labute approximate surface area is 56.1 Å². The fourth-order valence-corrected chi connectivity index (χ4v) is 1.51. The van der Waals surface area contributed by atoms with Crippen LogP contribution < -0.4 is 0 Å². The molecule has 9 heavy (non-hydrogen) atoms. The molecule has 0 fully saturated rings. The van der Waals surface area contributed by atoms with Gasteiger partial charge in [-0.15, -0.1) is 0 Å². The molecule has 0 amide bonds. The van der Waals surface area contributed by atoms with Crippen LogP contribution in [0.25, 0.3) is 10.4 Å². The summed E-state index contributed by atoms with van der Waals surface area (Å²) in [7, 11) is 0. The van der Waals surface area contributed by atoms with Gasteiger partial charge in [-0.05, 0) is 6.92 Å². The monoisotopic (exact) mass is 139 g/mol. The Morgan fingerprint density at radius 3 is 3.33 bits per heavy atom. The summed E-state index contributed by atoms with van der Waals surface area (Å²) in [6, 6.07) is 1.87. The van der Waals surface area contributed by atoms with Crippen molar-refractivity contribution in [1.82, 2.24) is 4.98 Å². The molecule has 0 spiro atoms. The Bertz CT molecular complexity index is 294. The topological polar surface area (TPSA) is 26.0 Å². The minimum Gasteiger partial charge on any atom is -0.452 e. The molecule has 0 saturated carbocycles. The van der Waals surface area contributed by atoms with Gasteiger partial charge in [-0.1, -0.05) is 11.3 Å². The van der Waals surface area contributed by atoms with Crippen LogP contribution in [0, 0.1) is 6.92 Å². The zero-order valence-corrected chi connectivity index (χ0v) is 5.73. The highest BCUT2D eigenvalue weighted by Gasteiger charge is 1.99. The highest BCUT2D eigenvalue weighted by atomic mass is 32.1. The fourth-order valence-electron chi connectivity index (χ4n) is 0.775. The van der Waals surface area contributed by atoms with E-state index in [1.165, 1.54) is 0 Å². The minimum atomic E-state index is 0.924. The van der Waals surface area contributed by atoms with Gasteiger partial charge in [0.1, 0.15) is 5.52 Å². The summed E-state index contributed by atoms with van der Waals surface area (Å²) in [4.78, 5) is 5.12. The van der Waals surface area contributed by atoms with E-state index in [0.717, 1.165) is 15.4 Å². The van der Waals surface area contributed by atoms with Crippen LogP contribution in [-0.2, 0) is 0 Å². The predicted octanol–water partition coefficient (Wildman–Crippen LogP) is 2.20. The Balaban J connectivity index is 2.92. The van der Waals surface area contributed by atoms with E-state index >= 15 is 0 Å². The number of aromatic nitrogens is 1. The number of hydrogen-bond acceptors (Lipinski definition) is 3. The first-order chi connectivity index (χ1) is 4.36. The van der Waals surface area contributed by atoms with Crippen molar-refractivity contribution in [3.8, 4) is 0 Å². The van der Waals surface area contributed by atoms with E-state index in [1.807, 2.05) is 13.0 Å². The van der Waals surface area contributed by atoms with Crippen LogP contribution in [0.1, 0.15) is 5.01 Å². The highest BCUT2D eigenvalue weighted by molar-refractivity contribution is 7.17. The van der Waals surface area contributed by atoms with E-state index in [-0.39, 0.29) is 0 Å². The normalized spacial score (nSPS) is 10.8. The average Bonchev–Trinajstić information content (AvgIpc) is 2.22. The van der Waals surface area contributed by atoms with Crippen molar-refractivity contribution in [1.29, 1.82) is 0 Å². The second kappa shape index (κ2) is 1.57. The van der Waals surface area contributed by atoms with Crippen molar-refractivity contribution in [2.75, 3.05) is 0 Å². The van der Waals surface area contributed by atoms with Gasteiger partial charge >= 0.3 is 0 Å². The van der Waals surface area contributed by atoms with Gasteiger partial charge in [0.25, 0.3) is 0 Å². The van der Waals surface area contributed by atoms with Crippen LogP contribution in [0.2, 0.25) is 0 Å². The highest BCUT2D eigenvalue weighted by Crippen LogP contribution is 2.21. The third-order valence-electron chi connectivity index (χ3n) is 1.13. The van der Waals surface area contributed by atoms with E-state index in [4.69, 9.17) is 4.42 Å². The molecule has 2 nitrogen and oxygen atoms in total. The molecule has 0 saturated heterocycles. The summed E-state index contributed by atoms with van der Waals surface area (Å²) >= 11 is 1.58. The Kier molecular flexibility index (Phi) is 0.873. The third-order valence-corrected chi connectivity index (χ3v) is 2.01. The maximum atomic E-state index is 5.09. The minimum absolute atomic E-state index is 0.924. The number of nitrogens with zero attached hydrogens (tertiary/aromatic N) is 1. The maximum absolute atomic E-state index is 5.09. The summed E-state index contributed by atoms with van der Waals surface area (Å²) < 4.78 is 5.09. The van der Waals surface area contributed by atoms with E-state index < -0.39 is 0 Å². The van der Waals surface area contributed by atoms with Crippen LogP contribution in [-0.4, -0.2) is 4.98 Å². The Morgan fingerprint density at radius 1 is 1.67 bits per heavy atom. The molecule has 0 radical (unpaired) electrons. The van der Waals surface area contributed by atoms with Crippen LogP contribution in [0.5, 0.6) is 0 Å². The lowest BCUT2D eigenvalue weighted by molar-refractivity contribution is 0.623. The quantitative estimate of drug-likeness (QED) is 0.559. The number of thiazole rings is 1. The fraction of sp³-hybridized carbons (Fsp3) is 0.167. The van der Waals surface area contributed by atoms with Gasteiger partial charge in [-0.2, -0.15) is 0 Å². The van der Waals surface area contributed by atoms with Gasteiger partial charge in [0, 0.05) is 6.07 Å². The summed E-state index contributed by atoms with van der Waals surface area (Å²) in [5.74, 6) is 0. The molecule has 0 aromatic carbocycles. The Hall–Kier alpha value is -0.830. The van der Waals surface area contributed by atoms with Gasteiger partial charge in [-0.3, -0.25) is 0 Å². The van der Waals surface area contributed by atoms with Crippen LogP contribution in [0.3, 0.4) is 0 Å². The molecule has 2 aromatic rings. The zero-order valence-electron chi connectivity index (χ0n) is 4.92. The maximum Gasteiger partial charge on any atom is 0.207 e. The second-order valence-electron chi connectivity index (χ2n) is 1.83. The summed E-state index contributed by atoms with van der Waals surface area (Å²) in [5.41, 5.74) is 0.970. The van der Waals surface area contributed by atoms with Gasteiger partial charge in [-0.25, -0.2) is 4.98 Å². The van der Waals surface area contributed by atoms with Gasteiger partial charge in [0.05, 0.1) is 11.3 Å². The van der Waals surface area contributed by atoms with Crippen molar-refractivity contribution in [3.63, 3.8) is 0 Å². The number of hydrogen-bond donors (Lipinski definition) is 0. The van der Waals surface area contributed by atoms with Crippen molar-refractivity contribution in [2.45, 2.75) is 6.92 Å². The third kappa shape index (κ3) is 0.650. The van der Waals surface area contributed by atoms with E-state index in [9.17, 15) is 0 Å². The number of aryl methyl sites for hydroxylation is 1. The van der Waals surface area contributed by atoms with Crippen molar-refractivity contribution < 1.29 is 4.42 Å². The van der Waals surface area contributed by atoms with Crippen molar-refractivity contribution in [3.05, 3.63) is 17.3 Å². The van der Waals surface area contributed by atoms with Crippen molar-refractivity contribution >= 4 is 21.8 Å². The van der Waals surface area contributed by atoms with Crippen LogP contribution >= 0.6 is 11.3 Å². The molecule has 3 heteroatoms. The molecule has 0 aliphatic rings. The molecule has 0 bridgehead atoms. The summed E-state index contributed by atoms with van der Waals surface area (Å²) in [6.45, 7) is 1.97. The van der Waals surface area contributed by atoms with Gasteiger partial charge in [0.15, 0.2) is 0 Å². The van der Waals surface area contributed by atoms with Crippen molar-refractivity contribution in [2.24, 2.45) is 0 Å². The largest absolute Gasteiger partial charge is 0.452 e. The molecule has 2 heterocycles. The first-order valence-electron chi connectivity index (χ1n) is 2.67. The zero-order chi connectivity index (χ0) is 6.27. The molecule has 46 valence electrons. The standard InChI is InChI=1S/C6H5NOS/c1-4-7-5-2-3-8-6(5)9-4/h2-3H,1H3. The molecular weight excluding hydrogens is 134 g/mol. The van der Waals surface area contributed by atoms with Gasteiger partial charge < -0.3 is 4.42 Å². The summed E-state index contributed by atoms with van der Waals surface area (Å²) in [6.07, 6.45) is 1.66. The van der Waals surface area contributed by atoms with E-state index in [2.05, 4.69) is 4.98 Å². The predicted molar refractivity (Wildman–Crippen MR) is 36.6 cm³/mol. The molecule has 2 rings (SSSR count). The lowest BCUT2D eigenvalue weighted by atomic mass is 10.6. The van der Waals surface area contributed by atoms with E-state index in [1.54, 1.807) is 17.6 Å². The first kappa shape index (κ1) is 4.99. The molecule has 0 aliphatic heterocycles. The SMILES string of the molecule is Cc1nc2ccoc2s1. The summed E-state index contributed by atoms with van der Waals surface area (Å²) in [5, 5.41) is 1.06. The Morgan fingerprint density at radius 2 is 2.56 bits per heavy atom. The van der Waals surface area contributed by atoms with Gasteiger partial charge in [0.2, 0.25) is 4.90 Å². The second-order valence-corrected chi connectivity index (χ2v) is 2.99. The molecular formula is C6H5NOS. The first-order valence-corrected chi connectivity index (χ1v) is 3.48. The van der Waals surface area contributed by atoms with Crippen LogP contribution in [0.15, 0.2) is 16.7 Å². The van der Waals surface area contributed by atoms with E-state index in [0.29, 0.717) is 0 Å². The molecule has 0 N–H and O–H groups in total. The number of furan rings is 1. The number of fused-ring (bicyclic) bond motifs is 1. The van der Waals surface area contributed by atoms with Crippen LogP contribution in [0.4, 0.5) is 0 Å². The molecule has 0 aliphatic carbocycles. The number of rotatable bonds is 0. The lowest BCUT2D eigenvalue weighted by Crippen LogP contribution is -1.61. The lowest BCUT2D eigenvalue weighted by Gasteiger charge is -1.69. The molecule has 0 atom stereocenters. The smallest absolute Gasteiger partial charge is 0.207 e. The average molecular weight is 139 g/mol.